The number of benzene rings is 1. The molecule has 0 spiro atoms. The van der Waals surface area contributed by atoms with Gasteiger partial charge in [-0.15, -0.1) is 0 Å². The third-order valence-corrected chi connectivity index (χ3v) is 4.67. The van der Waals surface area contributed by atoms with Crippen molar-refractivity contribution in [3.8, 4) is 11.3 Å². The molecule has 162 valence electrons. The lowest BCUT2D eigenvalue weighted by atomic mass is 10.0. The zero-order valence-electron chi connectivity index (χ0n) is 18.3. The van der Waals surface area contributed by atoms with Crippen LogP contribution in [0.5, 0.6) is 0 Å². The third-order valence-electron chi connectivity index (χ3n) is 4.67. The zero-order valence-corrected chi connectivity index (χ0v) is 18.3. The Balaban J connectivity index is 2.18. The molecule has 0 aliphatic rings. The van der Waals surface area contributed by atoms with Gasteiger partial charge in [-0.2, -0.15) is 5.10 Å². The van der Waals surface area contributed by atoms with Gasteiger partial charge in [-0.1, -0.05) is 19.9 Å². The van der Waals surface area contributed by atoms with Gasteiger partial charge in [0, 0.05) is 17.3 Å². The fourth-order valence-electron chi connectivity index (χ4n) is 2.82. The average molecular weight is 415 g/mol. The normalized spacial score (nSPS) is 13.0. The van der Waals surface area contributed by atoms with E-state index in [0.717, 1.165) is 11.1 Å². The second-order valence-electron chi connectivity index (χ2n) is 8.33. The molecule has 1 heterocycles. The second-order valence-corrected chi connectivity index (χ2v) is 8.33. The number of halogens is 1. The van der Waals surface area contributed by atoms with Crippen LogP contribution in [0.15, 0.2) is 36.4 Å². The molecule has 2 rings (SSSR count). The summed E-state index contributed by atoms with van der Waals surface area (Å²) in [6, 6.07) is 8.06. The van der Waals surface area contributed by atoms with E-state index < -0.39 is 5.54 Å². The van der Waals surface area contributed by atoms with Gasteiger partial charge in [0.15, 0.2) is 0 Å². The van der Waals surface area contributed by atoms with E-state index in [0.29, 0.717) is 30.6 Å². The number of nitrogens with zero attached hydrogens (tertiary/aromatic N) is 2. The van der Waals surface area contributed by atoms with Gasteiger partial charge in [0.2, 0.25) is 6.41 Å². The molecular formula is C23H31FN4O2. The Hall–Kier alpha value is -2.80. The molecule has 0 fully saturated rings. The van der Waals surface area contributed by atoms with Crippen molar-refractivity contribution in [2.75, 3.05) is 6.61 Å². The standard InChI is InChI=1S/C23H31FN4O2/c1-16(2)20-13-21(18-8-10-19(24)11-9-18)27-28(22(20)25)12-6-7-17(3)30-14-23(4,5)26-15-29/h6,8-13,15-17,25H,7,14H2,1-5H3,(H,26,29)/b12-6+,25-22?. The van der Waals surface area contributed by atoms with Gasteiger partial charge in [0.1, 0.15) is 11.3 Å². The molecule has 2 N–H and O–H groups in total. The molecule has 1 aromatic heterocycles. The smallest absolute Gasteiger partial charge is 0.207 e. The van der Waals surface area contributed by atoms with E-state index >= 15 is 0 Å². The minimum Gasteiger partial charge on any atom is -0.376 e. The molecular weight excluding hydrogens is 383 g/mol. The fraction of sp³-hybridized carbons (Fsp3) is 0.435. The van der Waals surface area contributed by atoms with Crippen LogP contribution in [0.2, 0.25) is 0 Å². The maximum absolute atomic E-state index is 13.3. The van der Waals surface area contributed by atoms with Crippen molar-refractivity contribution in [3.05, 3.63) is 53.3 Å². The van der Waals surface area contributed by atoms with Crippen LogP contribution in [0.3, 0.4) is 0 Å². The summed E-state index contributed by atoms with van der Waals surface area (Å²) in [5.41, 5.74) is 2.23. The van der Waals surface area contributed by atoms with Crippen LogP contribution >= 0.6 is 0 Å². The number of nitrogens with one attached hydrogen (secondary N) is 2. The lowest BCUT2D eigenvalue weighted by Gasteiger charge is -2.25. The first-order valence-electron chi connectivity index (χ1n) is 10.1. The Kier molecular flexibility index (Phi) is 8.06. The van der Waals surface area contributed by atoms with Gasteiger partial charge in [-0.3, -0.25) is 10.2 Å². The van der Waals surface area contributed by atoms with Crippen molar-refractivity contribution < 1.29 is 13.9 Å². The number of aromatic nitrogens is 2. The van der Waals surface area contributed by atoms with E-state index in [1.807, 2.05) is 46.8 Å². The maximum atomic E-state index is 13.3. The van der Waals surface area contributed by atoms with Gasteiger partial charge in [0.25, 0.3) is 0 Å². The summed E-state index contributed by atoms with van der Waals surface area (Å²) in [5.74, 6) is -0.151. The van der Waals surface area contributed by atoms with Crippen molar-refractivity contribution in [2.45, 2.75) is 58.6 Å². The summed E-state index contributed by atoms with van der Waals surface area (Å²) in [5, 5.41) is 15.8. The molecule has 0 radical (unpaired) electrons. The Morgan fingerprint density at radius 1 is 1.27 bits per heavy atom. The van der Waals surface area contributed by atoms with Crippen LogP contribution in [-0.2, 0) is 9.53 Å². The first kappa shape index (κ1) is 23.5. The summed E-state index contributed by atoms with van der Waals surface area (Å²) in [6.45, 7) is 10.2. The van der Waals surface area contributed by atoms with Crippen molar-refractivity contribution >= 4 is 12.6 Å². The molecule has 30 heavy (non-hydrogen) atoms. The highest BCUT2D eigenvalue weighted by Crippen LogP contribution is 2.20. The lowest BCUT2D eigenvalue weighted by Crippen LogP contribution is -2.43. The molecule has 0 bridgehead atoms. The average Bonchev–Trinajstić information content (AvgIpc) is 2.68. The van der Waals surface area contributed by atoms with Crippen molar-refractivity contribution in [1.29, 1.82) is 5.41 Å². The molecule has 0 saturated heterocycles. The minimum absolute atomic E-state index is 0.0615. The molecule has 0 saturated carbocycles. The predicted octanol–water partition coefficient (Wildman–Crippen LogP) is 4.08. The molecule has 1 aromatic carbocycles. The minimum atomic E-state index is -0.431. The van der Waals surface area contributed by atoms with E-state index in [2.05, 4.69) is 10.4 Å². The van der Waals surface area contributed by atoms with Crippen LogP contribution in [0.1, 0.15) is 52.5 Å². The highest BCUT2D eigenvalue weighted by atomic mass is 19.1. The van der Waals surface area contributed by atoms with Crippen LogP contribution in [0, 0.1) is 11.2 Å². The number of ether oxygens (including phenoxy) is 1. The first-order valence-corrected chi connectivity index (χ1v) is 10.1. The predicted molar refractivity (Wildman–Crippen MR) is 116 cm³/mol. The molecule has 0 aliphatic heterocycles. The highest BCUT2D eigenvalue weighted by Gasteiger charge is 2.17. The monoisotopic (exact) mass is 414 g/mol. The summed E-state index contributed by atoms with van der Waals surface area (Å²) in [6.07, 6.45) is 4.91. The number of carbonyl (C=O) groups excluding carboxylic acids is 1. The van der Waals surface area contributed by atoms with Crippen molar-refractivity contribution in [2.24, 2.45) is 0 Å². The molecule has 1 amide bonds. The van der Waals surface area contributed by atoms with Gasteiger partial charge < -0.3 is 10.1 Å². The van der Waals surface area contributed by atoms with E-state index in [1.54, 1.807) is 23.0 Å². The summed E-state index contributed by atoms with van der Waals surface area (Å²) < 4.78 is 20.6. The van der Waals surface area contributed by atoms with Crippen molar-refractivity contribution in [3.63, 3.8) is 0 Å². The molecule has 7 heteroatoms. The Labute approximate surface area is 177 Å². The Bertz CT molecular complexity index is 933. The molecule has 0 aliphatic carbocycles. The SMILES string of the molecule is CC(C/C=C/n1nc(-c2ccc(F)cc2)cc(C(C)C)c1=N)OCC(C)(C)NC=O. The zero-order chi connectivity index (χ0) is 22.3. The molecule has 2 aromatic rings. The third kappa shape index (κ3) is 6.62. The number of rotatable bonds is 10. The van der Waals surface area contributed by atoms with Crippen LogP contribution < -0.4 is 10.8 Å². The highest BCUT2D eigenvalue weighted by molar-refractivity contribution is 5.59. The molecule has 1 unspecified atom stereocenters. The maximum Gasteiger partial charge on any atom is 0.207 e. The number of carbonyl (C=O) groups is 1. The van der Waals surface area contributed by atoms with Crippen LogP contribution in [0.4, 0.5) is 4.39 Å². The lowest BCUT2D eigenvalue weighted by molar-refractivity contribution is -0.111. The Morgan fingerprint density at radius 2 is 1.93 bits per heavy atom. The quantitative estimate of drug-likeness (QED) is 0.575. The first-order chi connectivity index (χ1) is 14.1. The summed E-state index contributed by atoms with van der Waals surface area (Å²) in [7, 11) is 0. The number of hydrogen-bond donors (Lipinski definition) is 2. The fourth-order valence-corrected chi connectivity index (χ4v) is 2.82. The number of amides is 1. The van der Waals surface area contributed by atoms with Crippen molar-refractivity contribution in [1.82, 2.24) is 15.1 Å². The topological polar surface area (TPSA) is 80.0 Å². The van der Waals surface area contributed by atoms with Crippen LogP contribution in [0.25, 0.3) is 17.5 Å². The van der Waals surface area contributed by atoms with Gasteiger partial charge >= 0.3 is 0 Å². The summed E-state index contributed by atoms with van der Waals surface area (Å²) in [4.78, 5) is 10.6. The van der Waals surface area contributed by atoms with E-state index in [9.17, 15) is 9.18 Å². The van der Waals surface area contributed by atoms with Gasteiger partial charge in [0.05, 0.1) is 23.9 Å². The number of hydrogen-bond acceptors (Lipinski definition) is 4. The van der Waals surface area contributed by atoms with Gasteiger partial charge in [-0.25, -0.2) is 9.07 Å². The van der Waals surface area contributed by atoms with Gasteiger partial charge in [-0.05, 0) is 63.4 Å². The van der Waals surface area contributed by atoms with Crippen LogP contribution in [-0.4, -0.2) is 34.4 Å². The van der Waals surface area contributed by atoms with E-state index in [1.165, 1.54) is 12.1 Å². The largest absolute Gasteiger partial charge is 0.376 e. The summed E-state index contributed by atoms with van der Waals surface area (Å²) >= 11 is 0. The Morgan fingerprint density at radius 3 is 2.53 bits per heavy atom. The van der Waals surface area contributed by atoms with E-state index in [4.69, 9.17) is 10.1 Å². The second kappa shape index (κ2) is 10.3. The van der Waals surface area contributed by atoms with E-state index in [-0.39, 0.29) is 17.8 Å². The molecule has 6 nitrogen and oxygen atoms in total. The molecule has 1 atom stereocenters.